The Morgan fingerprint density at radius 1 is 1.35 bits per heavy atom. The number of aromatic amines is 1. The smallest absolute Gasteiger partial charge is 0.254 e. The lowest BCUT2D eigenvalue weighted by molar-refractivity contribution is -0.120. The van der Waals surface area contributed by atoms with Crippen molar-refractivity contribution in [1.82, 2.24) is 15.3 Å². The van der Waals surface area contributed by atoms with E-state index in [0.717, 1.165) is 0 Å². The van der Waals surface area contributed by atoms with Crippen molar-refractivity contribution in [2.24, 2.45) is 0 Å². The second kappa shape index (κ2) is 7.39. The summed E-state index contributed by atoms with van der Waals surface area (Å²) >= 11 is 5.79. The third-order valence-corrected chi connectivity index (χ3v) is 3.68. The first kappa shape index (κ1) is 17.2. The molecule has 2 aromatic rings. The molecule has 0 saturated carbocycles. The molecule has 0 bridgehead atoms. The number of halogens is 1. The number of hydrogen-bond donors (Lipinski definition) is 3. The van der Waals surface area contributed by atoms with Crippen LogP contribution in [0.2, 0.25) is 5.02 Å². The Bertz CT molecular complexity index is 756. The van der Waals surface area contributed by atoms with E-state index in [0.29, 0.717) is 27.7 Å². The zero-order chi connectivity index (χ0) is 17.0. The molecule has 1 aromatic carbocycles. The molecule has 1 heterocycles. The third-order valence-electron chi connectivity index (χ3n) is 3.43. The summed E-state index contributed by atoms with van der Waals surface area (Å²) in [4.78, 5) is 30.5. The second-order valence-corrected chi connectivity index (χ2v) is 5.70. The number of aliphatic hydroxyl groups excluding tert-OH is 1. The highest BCUT2D eigenvalue weighted by molar-refractivity contribution is 6.30. The van der Waals surface area contributed by atoms with Crippen LogP contribution in [0, 0.1) is 13.8 Å². The van der Waals surface area contributed by atoms with Gasteiger partial charge < -0.3 is 15.4 Å². The van der Waals surface area contributed by atoms with Crippen molar-refractivity contribution in [2.45, 2.75) is 26.4 Å². The molecule has 0 fully saturated rings. The zero-order valence-corrected chi connectivity index (χ0v) is 13.6. The van der Waals surface area contributed by atoms with Gasteiger partial charge in [-0.3, -0.25) is 9.59 Å². The predicted molar refractivity (Wildman–Crippen MR) is 87.5 cm³/mol. The van der Waals surface area contributed by atoms with Gasteiger partial charge in [0, 0.05) is 22.8 Å². The normalized spacial score (nSPS) is 12.0. The number of aryl methyl sites for hydroxylation is 2. The van der Waals surface area contributed by atoms with Gasteiger partial charge in [0.15, 0.2) is 0 Å². The van der Waals surface area contributed by atoms with E-state index in [-0.39, 0.29) is 24.4 Å². The summed E-state index contributed by atoms with van der Waals surface area (Å²) < 4.78 is 0. The van der Waals surface area contributed by atoms with Gasteiger partial charge in [0.2, 0.25) is 5.91 Å². The number of benzene rings is 1. The SMILES string of the molecule is Cc1nc(C)c(CC(=O)NCC(O)c2ccc(Cl)cc2)c(=O)[nH]1. The van der Waals surface area contributed by atoms with Crippen LogP contribution >= 0.6 is 11.6 Å². The Balaban J connectivity index is 1.95. The Kier molecular flexibility index (Phi) is 5.52. The standard InChI is InChI=1S/C16H18ClN3O3/c1-9-13(16(23)20-10(2)19-9)7-15(22)18-8-14(21)11-3-5-12(17)6-4-11/h3-6,14,21H,7-8H2,1-2H3,(H,18,22)(H,19,20,23). The number of hydrogen-bond acceptors (Lipinski definition) is 4. The van der Waals surface area contributed by atoms with Crippen LogP contribution in [0.1, 0.15) is 28.7 Å². The summed E-state index contributed by atoms with van der Waals surface area (Å²) in [6.07, 6.45) is -0.923. The molecule has 6 nitrogen and oxygen atoms in total. The fourth-order valence-corrected chi connectivity index (χ4v) is 2.32. The molecule has 122 valence electrons. The molecule has 0 spiro atoms. The lowest BCUT2D eigenvalue weighted by Crippen LogP contribution is -2.32. The van der Waals surface area contributed by atoms with Gasteiger partial charge in [0.25, 0.3) is 5.56 Å². The molecular formula is C16H18ClN3O3. The van der Waals surface area contributed by atoms with E-state index in [4.69, 9.17) is 11.6 Å². The van der Waals surface area contributed by atoms with Gasteiger partial charge in [-0.15, -0.1) is 0 Å². The van der Waals surface area contributed by atoms with Gasteiger partial charge in [-0.2, -0.15) is 0 Å². The maximum Gasteiger partial charge on any atom is 0.254 e. The Labute approximate surface area is 138 Å². The number of rotatable bonds is 5. The fourth-order valence-electron chi connectivity index (χ4n) is 2.20. The third kappa shape index (κ3) is 4.64. The van der Waals surface area contributed by atoms with E-state index in [9.17, 15) is 14.7 Å². The molecule has 1 amide bonds. The van der Waals surface area contributed by atoms with E-state index in [1.807, 2.05) is 0 Å². The van der Waals surface area contributed by atoms with E-state index >= 15 is 0 Å². The van der Waals surface area contributed by atoms with Crippen LogP contribution in [0.15, 0.2) is 29.1 Å². The van der Waals surface area contributed by atoms with Gasteiger partial charge >= 0.3 is 0 Å². The molecular weight excluding hydrogens is 318 g/mol. The Morgan fingerprint density at radius 3 is 2.61 bits per heavy atom. The molecule has 0 aliphatic heterocycles. The predicted octanol–water partition coefficient (Wildman–Crippen LogP) is 1.43. The van der Waals surface area contributed by atoms with Crippen molar-refractivity contribution in [3.05, 3.63) is 62.3 Å². The Morgan fingerprint density at radius 2 is 2.00 bits per heavy atom. The number of carbonyl (C=O) groups is 1. The number of nitrogens with zero attached hydrogens (tertiary/aromatic N) is 1. The van der Waals surface area contributed by atoms with E-state index in [1.54, 1.807) is 38.1 Å². The summed E-state index contributed by atoms with van der Waals surface area (Å²) in [5.41, 5.74) is 1.19. The zero-order valence-electron chi connectivity index (χ0n) is 12.9. The number of aromatic nitrogens is 2. The van der Waals surface area contributed by atoms with Gasteiger partial charge in [-0.05, 0) is 31.5 Å². The topological polar surface area (TPSA) is 95.1 Å². The highest BCUT2D eigenvalue weighted by Gasteiger charge is 2.14. The summed E-state index contributed by atoms with van der Waals surface area (Å²) in [5.74, 6) is 0.159. The molecule has 3 N–H and O–H groups in total. The van der Waals surface area contributed by atoms with Crippen molar-refractivity contribution in [3.63, 3.8) is 0 Å². The van der Waals surface area contributed by atoms with Crippen LogP contribution in [0.3, 0.4) is 0 Å². The minimum Gasteiger partial charge on any atom is -0.387 e. The Hall–Kier alpha value is -2.18. The first-order valence-corrected chi connectivity index (χ1v) is 7.51. The molecule has 23 heavy (non-hydrogen) atoms. The average molecular weight is 336 g/mol. The maximum absolute atomic E-state index is 12.0. The number of amides is 1. The highest BCUT2D eigenvalue weighted by Crippen LogP contribution is 2.15. The van der Waals surface area contributed by atoms with Crippen molar-refractivity contribution in [3.8, 4) is 0 Å². The largest absolute Gasteiger partial charge is 0.387 e. The van der Waals surface area contributed by atoms with Crippen LogP contribution in [0.5, 0.6) is 0 Å². The fraction of sp³-hybridized carbons (Fsp3) is 0.312. The first-order chi connectivity index (χ1) is 10.9. The number of aliphatic hydroxyl groups is 1. The lowest BCUT2D eigenvalue weighted by atomic mass is 10.1. The quantitative estimate of drug-likeness (QED) is 0.770. The molecule has 0 radical (unpaired) electrons. The van der Waals surface area contributed by atoms with Crippen LogP contribution < -0.4 is 10.9 Å². The molecule has 0 saturated heterocycles. The van der Waals surface area contributed by atoms with E-state index in [1.165, 1.54) is 0 Å². The van der Waals surface area contributed by atoms with Gasteiger partial charge in [0.1, 0.15) is 5.82 Å². The van der Waals surface area contributed by atoms with Gasteiger partial charge in [-0.1, -0.05) is 23.7 Å². The van der Waals surface area contributed by atoms with Crippen molar-refractivity contribution < 1.29 is 9.90 Å². The molecule has 7 heteroatoms. The van der Waals surface area contributed by atoms with Gasteiger partial charge in [0.05, 0.1) is 12.5 Å². The minimum atomic E-state index is -0.841. The number of nitrogens with one attached hydrogen (secondary N) is 2. The molecule has 1 atom stereocenters. The van der Waals surface area contributed by atoms with Crippen molar-refractivity contribution in [1.29, 1.82) is 0 Å². The molecule has 1 unspecified atom stereocenters. The summed E-state index contributed by atoms with van der Waals surface area (Å²) in [5, 5.41) is 13.2. The maximum atomic E-state index is 12.0. The number of carbonyl (C=O) groups excluding carboxylic acids is 1. The minimum absolute atomic E-state index is 0.0523. The lowest BCUT2D eigenvalue weighted by Gasteiger charge is -2.12. The van der Waals surface area contributed by atoms with Crippen molar-refractivity contribution in [2.75, 3.05) is 6.54 Å². The second-order valence-electron chi connectivity index (χ2n) is 5.26. The van der Waals surface area contributed by atoms with E-state index < -0.39 is 6.10 Å². The molecule has 0 aliphatic carbocycles. The van der Waals surface area contributed by atoms with E-state index in [2.05, 4.69) is 15.3 Å². The van der Waals surface area contributed by atoms with Crippen LogP contribution in [0.4, 0.5) is 0 Å². The van der Waals surface area contributed by atoms with Crippen LogP contribution in [-0.2, 0) is 11.2 Å². The number of H-pyrrole nitrogens is 1. The van der Waals surface area contributed by atoms with Crippen LogP contribution in [-0.4, -0.2) is 27.5 Å². The summed E-state index contributed by atoms with van der Waals surface area (Å²) in [6.45, 7) is 3.42. The molecule has 1 aromatic heterocycles. The van der Waals surface area contributed by atoms with Crippen LogP contribution in [0.25, 0.3) is 0 Å². The summed E-state index contributed by atoms with van der Waals surface area (Å²) in [7, 11) is 0. The van der Waals surface area contributed by atoms with Gasteiger partial charge in [-0.25, -0.2) is 4.98 Å². The summed E-state index contributed by atoms with van der Waals surface area (Å²) in [6, 6.07) is 6.72. The monoisotopic (exact) mass is 335 g/mol. The molecule has 0 aliphatic rings. The molecule has 2 rings (SSSR count). The first-order valence-electron chi connectivity index (χ1n) is 7.13. The van der Waals surface area contributed by atoms with Crippen molar-refractivity contribution >= 4 is 17.5 Å². The average Bonchev–Trinajstić information content (AvgIpc) is 2.49. The highest BCUT2D eigenvalue weighted by atomic mass is 35.5.